The largest absolute Gasteiger partial charge is 0.204 e. The Morgan fingerprint density at radius 1 is 1.21 bits per heavy atom. The summed E-state index contributed by atoms with van der Waals surface area (Å²) in [6.07, 6.45) is 0.998. The number of rotatable bonds is 1. The summed E-state index contributed by atoms with van der Waals surface area (Å²) >= 11 is 0. The van der Waals surface area contributed by atoms with Crippen molar-refractivity contribution < 1.29 is 8.78 Å². The van der Waals surface area contributed by atoms with Crippen molar-refractivity contribution in [2.24, 2.45) is 0 Å². The summed E-state index contributed by atoms with van der Waals surface area (Å²) in [5, 5.41) is 16.8. The van der Waals surface area contributed by atoms with E-state index < -0.39 is 11.6 Å². The van der Waals surface area contributed by atoms with E-state index in [1.54, 1.807) is 12.1 Å². The van der Waals surface area contributed by atoms with Crippen molar-refractivity contribution in [3.63, 3.8) is 0 Å². The van der Waals surface area contributed by atoms with Gasteiger partial charge in [-0.25, -0.2) is 8.78 Å². The molecule has 0 amide bonds. The third kappa shape index (κ3) is 1.94. The van der Waals surface area contributed by atoms with E-state index in [1.807, 2.05) is 0 Å². The second-order valence-electron chi connectivity index (χ2n) is 2.42. The summed E-state index contributed by atoms with van der Waals surface area (Å²) in [4.78, 5) is 0. The lowest BCUT2D eigenvalue weighted by molar-refractivity contribution is 0.507. The normalized spacial score (nSPS) is 8.57. The fraction of sp³-hybridized carbons (Fsp3) is 0. The maximum Gasteiger partial charge on any atom is 0.166 e. The van der Waals surface area contributed by atoms with Crippen LogP contribution < -0.4 is 0 Å². The molecule has 0 fully saturated rings. The van der Waals surface area contributed by atoms with E-state index in [2.05, 4.69) is 0 Å². The van der Waals surface area contributed by atoms with Gasteiger partial charge in [0.25, 0.3) is 0 Å². The zero-order chi connectivity index (χ0) is 10.6. The first-order valence-electron chi connectivity index (χ1n) is 3.65. The van der Waals surface area contributed by atoms with Crippen LogP contribution in [0.4, 0.5) is 8.78 Å². The Labute approximate surface area is 79.3 Å². The van der Waals surface area contributed by atoms with Crippen LogP contribution in [0.15, 0.2) is 23.8 Å². The molecule has 0 spiro atoms. The highest BCUT2D eigenvalue weighted by Crippen LogP contribution is 2.14. The quantitative estimate of drug-likeness (QED) is 0.638. The van der Waals surface area contributed by atoms with Crippen LogP contribution in [0.3, 0.4) is 0 Å². The highest BCUT2D eigenvalue weighted by atomic mass is 19.2. The van der Waals surface area contributed by atoms with Crippen molar-refractivity contribution in [2.45, 2.75) is 0 Å². The Morgan fingerprint density at radius 2 is 1.86 bits per heavy atom. The lowest BCUT2D eigenvalue weighted by Gasteiger charge is -1.96. The molecule has 4 heteroatoms. The SMILES string of the molecule is N#CC(C#N)=Cc1cccc(F)c1F. The van der Waals surface area contributed by atoms with Crippen LogP contribution in [-0.2, 0) is 0 Å². The zero-order valence-corrected chi connectivity index (χ0v) is 6.96. The van der Waals surface area contributed by atoms with E-state index in [-0.39, 0.29) is 11.1 Å². The average Bonchev–Trinajstić information content (AvgIpc) is 2.20. The molecule has 0 saturated carbocycles. The van der Waals surface area contributed by atoms with Gasteiger partial charge in [0.2, 0.25) is 0 Å². The van der Waals surface area contributed by atoms with Gasteiger partial charge in [-0.1, -0.05) is 12.1 Å². The van der Waals surface area contributed by atoms with Gasteiger partial charge in [-0.05, 0) is 12.1 Å². The number of hydrogen-bond acceptors (Lipinski definition) is 2. The highest BCUT2D eigenvalue weighted by Gasteiger charge is 2.05. The number of allylic oxidation sites excluding steroid dienone is 1. The molecule has 0 aliphatic heterocycles. The molecule has 0 aliphatic carbocycles. The molecule has 0 N–H and O–H groups in total. The molecule has 1 aromatic carbocycles. The van der Waals surface area contributed by atoms with E-state index >= 15 is 0 Å². The number of hydrogen-bond donors (Lipinski definition) is 0. The molecule has 0 atom stereocenters. The van der Waals surface area contributed by atoms with Crippen LogP contribution in [0.1, 0.15) is 5.56 Å². The van der Waals surface area contributed by atoms with Crippen molar-refractivity contribution in [1.29, 1.82) is 10.5 Å². The molecule has 0 heterocycles. The maximum atomic E-state index is 13.0. The molecule has 0 radical (unpaired) electrons. The van der Waals surface area contributed by atoms with Gasteiger partial charge in [-0.2, -0.15) is 10.5 Å². The Kier molecular flexibility index (Phi) is 2.93. The van der Waals surface area contributed by atoms with Crippen LogP contribution in [0, 0.1) is 34.3 Å². The second-order valence-corrected chi connectivity index (χ2v) is 2.42. The van der Waals surface area contributed by atoms with Crippen LogP contribution >= 0.6 is 0 Å². The number of benzene rings is 1. The second kappa shape index (κ2) is 4.15. The molecule has 0 aromatic heterocycles. The standard InChI is InChI=1S/C10H4F2N2/c11-9-3-1-2-8(10(9)12)4-7(5-13)6-14/h1-4H. The lowest BCUT2D eigenvalue weighted by atomic mass is 10.1. The number of nitrogens with zero attached hydrogens (tertiary/aromatic N) is 2. The van der Waals surface area contributed by atoms with E-state index in [9.17, 15) is 8.78 Å². The topological polar surface area (TPSA) is 47.6 Å². The van der Waals surface area contributed by atoms with E-state index in [1.165, 1.54) is 12.1 Å². The van der Waals surface area contributed by atoms with Crippen LogP contribution in [0.5, 0.6) is 0 Å². The van der Waals surface area contributed by atoms with Gasteiger partial charge in [0.1, 0.15) is 17.7 Å². The Hall–Kier alpha value is -2.20. The first kappa shape index (κ1) is 9.88. The van der Waals surface area contributed by atoms with E-state index in [0.29, 0.717) is 0 Å². The highest BCUT2D eigenvalue weighted by molar-refractivity contribution is 5.62. The zero-order valence-electron chi connectivity index (χ0n) is 6.96. The van der Waals surface area contributed by atoms with E-state index in [0.717, 1.165) is 12.1 Å². The first-order valence-corrected chi connectivity index (χ1v) is 3.65. The van der Waals surface area contributed by atoms with Gasteiger partial charge < -0.3 is 0 Å². The van der Waals surface area contributed by atoms with E-state index in [4.69, 9.17) is 10.5 Å². The molecule has 14 heavy (non-hydrogen) atoms. The van der Waals surface area contributed by atoms with Gasteiger partial charge in [0, 0.05) is 5.56 Å². The summed E-state index contributed by atoms with van der Waals surface area (Å²) in [5.41, 5.74) is -0.377. The minimum Gasteiger partial charge on any atom is -0.204 e. The monoisotopic (exact) mass is 190 g/mol. The molecule has 0 aliphatic rings. The maximum absolute atomic E-state index is 13.0. The summed E-state index contributed by atoms with van der Waals surface area (Å²) in [6.45, 7) is 0. The predicted octanol–water partition coefficient (Wildman–Crippen LogP) is 2.40. The van der Waals surface area contributed by atoms with Crippen molar-refractivity contribution in [3.05, 3.63) is 41.0 Å². The van der Waals surface area contributed by atoms with Gasteiger partial charge in [0.05, 0.1) is 0 Å². The van der Waals surface area contributed by atoms with Crippen LogP contribution in [0.2, 0.25) is 0 Å². The molecule has 1 rings (SSSR count). The Balaban J connectivity index is 3.24. The molecule has 0 saturated heterocycles. The molecule has 68 valence electrons. The lowest BCUT2D eigenvalue weighted by Crippen LogP contribution is -1.88. The molecular weight excluding hydrogens is 186 g/mol. The van der Waals surface area contributed by atoms with Crippen molar-refractivity contribution in [2.75, 3.05) is 0 Å². The molecule has 0 unspecified atom stereocenters. The van der Waals surface area contributed by atoms with Crippen molar-refractivity contribution in [1.82, 2.24) is 0 Å². The van der Waals surface area contributed by atoms with Crippen molar-refractivity contribution >= 4 is 6.08 Å². The third-order valence-corrected chi connectivity index (χ3v) is 1.52. The molecule has 1 aromatic rings. The van der Waals surface area contributed by atoms with Gasteiger partial charge in [0.15, 0.2) is 11.6 Å². The number of halogens is 2. The molecule has 0 bridgehead atoms. The van der Waals surface area contributed by atoms with Gasteiger partial charge in [-0.15, -0.1) is 0 Å². The minimum absolute atomic E-state index is 0.108. The first-order chi connectivity index (χ1) is 6.69. The van der Waals surface area contributed by atoms with Crippen LogP contribution in [0.25, 0.3) is 6.08 Å². The van der Waals surface area contributed by atoms with Crippen molar-refractivity contribution in [3.8, 4) is 12.1 Å². The Morgan fingerprint density at radius 3 is 2.43 bits per heavy atom. The fourth-order valence-corrected chi connectivity index (χ4v) is 0.877. The minimum atomic E-state index is -1.06. The van der Waals surface area contributed by atoms with Gasteiger partial charge >= 0.3 is 0 Å². The summed E-state index contributed by atoms with van der Waals surface area (Å²) in [7, 11) is 0. The third-order valence-electron chi connectivity index (χ3n) is 1.52. The summed E-state index contributed by atoms with van der Waals surface area (Å²) in [5.74, 6) is -2.07. The average molecular weight is 190 g/mol. The predicted molar refractivity (Wildman–Crippen MR) is 45.6 cm³/mol. The molecule has 2 nitrogen and oxygen atoms in total. The van der Waals surface area contributed by atoms with Crippen LogP contribution in [-0.4, -0.2) is 0 Å². The fourth-order valence-electron chi connectivity index (χ4n) is 0.877. The number of nitriles is 2. The Bertz CT molecular complexity index is 448. The summed E-state index contributed by atoms with van der Waals surface area (Å²) < 4.78 is 25.7. The summed E-state index contributed by atoms with van der Waals surface area (Å²) in [6, 6.07) is 6.67. The molecular formula is C10H4F2N2. The van der Waals surface area contributed by atoms with Gasteiger partial charge in [-0.3, -0.25) is 0 Å². The smallest absolute Gasteiger partial charge is 0.166 e.